The van der Waals surface area contributed by atoms with Crippen molar-refractivity contribution in [2.24, 2.45) is 0 Å². The molecule has 0 aliphatic carbocycles. The van der Waals surface area contributed by atoms with Crippen molar-refractivity contribution < 1.29 is 23.9 Å². The number of anilines is 1. The average Bonchev–Trinajstić information content (AvgIpc) is 3.29. The minimum atomic E-state index is -0.591. The Kier molecular flexibility index (Phi) is 5.16. The van der Waals surface area contributed by atoms with E-state index in [1.54, 1.807) is 30.3 Å². The van der Waals surface area contributed by atoms with Crippen LogP contribution in [0.1, 0.15) is 30.4 Å². The molecule has 7 nitrogen and oxygen atoms in total. The van der Waals surface area contributed by atoms with Gasteiger partial charge in [0.05, 0.1) is 23.9 Å². The molecule has 150 valence electrons. The number of nitrogens with one attached hydrogen (secondary N) is 1. The lowest BCUT2D eigenvalue weighted by molar-refractivity contribution is -0.116. The minimum absolute atomic E-state index is 0.229. The Balaban J connectivity index is 1.56. The summed E-state index contributed by atoms with van der Waals surface area (Å²) < 4.78 is 4.82. The van der Waals surface area contributed by atoms with Crippen molar-refractivity contribution in [3.63, 3.8) is 0 Å². The number of hydrogen-bond acceptors (Lipinski definition) is 6. The van der Waals surface area contributed by atoms with Gasteiger partial charge in [0.25, 0.3) is 11.8 Å². The van der Waals surface area contributed by atoms with E-state index in [2.05, 4.69) is 5.32 Å². The Hall–Kier alpha value is -3.78. The number of ether oxygens (including phenoxy) is 1. The molecule has 1 N–H and O–H groups in total. The van der Waals surface area contributed by atoms with Gasteiger partial charge in [-0.2, -0.15) is 0 Å². The van der Waals surface area contributed by atoms with Crippen LogP contribution >= 0.6 is 11.3 Å². The van der Waals surface area contributed by atoms with E-state index >= 15 is 0 Å². The molecule has 2 aromatic carbocycles. The fraction of sp³-hybridized carbons (Fsp3) is 0.0909. The third kappa shape index (κ3) is 3.48. The first-order valence-electron chi connectivity index (χ1n) is 9.02. The van der Waals surface area contributed by atoms with Crippen molar-refractivity contribution in [2.75, 3.05) is 19.0 Å². The number of nitrogens with zero attached hydrogens (tertiary/aromatic N) is 1. The van der Waals surface area contributed by atoms with Crippen LogP contribution in [0.5, 0.6) is 0 Å². The highest BCUT2D eigenvalue weighted by Crippen LogP contribution is 2.35. The van der Waals surface area contributed by atoms with Gasteiger partial charge in [0.1, 0.15) is 11.4 Å². The summed E-state index contributed by atoms with van der Waals surface area (Å²) in [6.45, 7) is -0.455. The highest BCUT2D eigenvalue weighted by Gasteiger charge is 2.36. The van der Waals surface area contributed by atoms with Crippen molar-refractivity contribution in [2.45, 2.75) is 0 Å². The Bertz CT molecular complexity index is 1130. The van der Waals surface area contributed by atoms with Gasteiger partial charge in [0.15, 0.2) is 0 Å². The molecular weight excluding hydrogens is 404 g/mol. The first-order valence-corrected chi connectivity index (χ1v) is 9.84. The quantitative estimate of drug-likeness (QED) is 0.504. The maximum absolute atomic E-state index is 12.6. The van der Waals surface area contributed by atoms with E-state index in [4.69, 9.17) is 4.74 Å². The summed E-state index contributed by atoms with van der Waals surface area (Å²) in [6.07, 6.45) is 0. The van der Waals surface area contributed by atoms with Crippen molar-refractivity contribution in [3.05, 3.63) is 76.7 Å². The summed E-state index contributed by atoms with van der Waals surface area (Å²) in [5, 5.41) is 2.64. The molecule has 0 radical (unpaired) electrons. The zero-order valence-corrected chi connectivity index (χ0v) is 16.7. The molecule has 8 heteroatoms. The predicted octanol–water partition coefficient (Wildman–Crippen LogP) is 3.44. The Labute approximate surface area is 175 Å². The number of amides is 3. The molecule has 1 aliphatic rings. The molecule has 3 aromatic rings. The van der Waals surface area contributed by atoms with Crippen LogP contribution in [0.25, 0.3) is 10.4 Å². The van der Waals surface area contributed by atoms with Crippen molar-refractivity contribution in [1.29, 1.82) is 0 Å². The van der Waals surface area contributed by atoms with Crippen LogP contribution in [-0.4, -0.2) is 42.2 Å². The minimum Gasteiger partial charge on any atom is -0.465 e. The van der Waals surface area contributed by atoms with Crippen LogP contribution < -0.4 is 5.32 Å². The Morgan fingerprint density at radius 2 is 1.57 bits per heavy atom. The molecule has 0 bridgehead atoms. The number of esters is 1. The predicted molar refractivity (Wildman–Crippen MR) is 112 cm³/mol. The SMILES string of the molecule is COC(=O)c1sc(-c2ccccc2)cc1NC(=O)CN1C(=O)c2ccccc2C1=O. The van der Waals surface area contributed by atoms with Crippen LogP contribution in [0.3, 0.4) is 0 Å². The monoisotopic (exact) mass is 420 g/mol. The fourth-order valence-electron chi connectivity index (χ4n) is 3.19. The molecular formula is C22H16N2O5S. The molecule has 2 heterocycles. The smallest absolute Gasteiger partial charge is 0.350 e. The van der Waals surface area contributed by atoms with Crippen LogP contribution in [0, 0.1) is 0 Å². The molecule has 3 amide bonds. The molecule has 0 spiro atoms. The van der Waals surface area contributed by atoms with E-state index < -0.39 is 30.2 Å². The van der Waals surface area contributed by atoms with E-state index in [-0.39, 0.29) is 21.7 Å². The normalized spacial score (nSPS) is 12.6. The highest BCUT2D eigenvalue weighted by molar-refractivity contribution is 7.18. The second-order valence-corrected chi connectivity index (χ2v) is 7.55. The topological polar surface area (TPSA) is 92.8 Å². The molecule has 1 aliphatic heterocycles. The number of benzene rings is 2. The zero-order chi connectivity index (χ0) is 21.3. The van der Waals surface area contributed by atoms with E-state index in [0.29, 0.717) is 0 Å². The first-order chi connectivity index (χ1) is 14.5. The average molecular weight is 420 g/mol. The first kappa shape index (κ1) is 19.5. The summed E-state index contributed by atoms with van der Waals surface area (Å²) in [5.74, 6) is -2.21. The zero-order valence-electron chi connectivity index (χ0n) is 15.9. The van der Waals surface area contributed by atoms with Crippen molar-refractivity contribution in [3.8, 4) is 10.4 Å². The Morgan fingerprint density at radius 1 is 0.967 bits per heavy atom. The maximum atomic E-state index is 12.6. The van der Waals surface area contributed by atoms with Crippen molar-refractivity contribution >= 4 is 40.7 Å². The van der Waals surface area contributed by atoms with E-state index in [1.807, 2.05) is 30.3 Å². The van der Waals surface area contributed by atoms with Gasteiger partial charge in [0, 0.05) is 4.88 Å². The molecule has 0 atom stereocenters. The molecule has 4 rings (SSSR count). The lowest BCUT2D eigenvalue weighted by atomic mass is 10.1. The van der Waals surface area contributed by atoms with Gasteiger partial charge < -0.3 is 10.1 Å². The van der Waals surface area contributed by atoms with Gasteiger partial charge in [-0.25, -0.2) is 4.79 Å². The number of imide groups is 1. The Morgan fingerprint density at radius 3 is 2.17 bits per heavy atom. The van der Waals surface area contributed by atoms with Crippen LogP contribution in [-0.2, 0) is 9.53 Å². The van der Waals surface area contributed by atoms with Crippen LogP contribution in [0.4, 0.5) is 5.69 Å². The number of fused-ring (bicyclic) bond motifs is 1. The van der Waals surface area contributed by atoms with Gasteiger partial charge in [-0.05, 0) is 23.8 Å². The fourth-order valence-corrected chi connectivity index (χ4v) is 4.23. The highest BCUT2D eigenvalue weighted by atomic mass is 32.1. The van der Waals surface area contributed by atoms with Crippen LogP contribution in [0.15, 0.2) is 60.7 Å². The third-order valence-corrected chi connectivity index (χ3v) is 5.78. The maximum Gasteiger partial charge on any atom is 0.350 e. The number of rotatable bonds is 5. The molecule has 0 fully saturated rings. The van der Waals surface area contributed by atoms with E-state index in [1.165, 1.54) is 18.4 Å². The summed E-state index contributed by atoms with van der Waals surface area (Å²) >= 11 is 1.18. The summed E-state index contributed by atoms with van der Waals surface area (Å²) in [5.41, 5.74) is 1.70. The molecule has 30 heavy (non-hydrogen) atoms. The third-order valence-electron chi connectivity index (χ3n) is 4.62. The summed E-state index contributed by atoms with van der Waals surface area (Å²) in [4.78, 5) is 51.6. The lowest BCUT2D eigenvalue weighted by Crippen LogP contribution is -2.37. The van der Waals surface area contributed by atoms with Crippen LogP contribution in [0.2, 0.25) is 0 Å². The molecule has 0 saturated heterocycles. The second-order valence-electron chi connectivity index (χ2n) is 6.50. The van der Waals surface area contributed by atoms with Gasteiger partial charge in [-0.1, -0.05) is 42.5 Å². The summed E-state index contributed by atoms with van der Waals surface area (Å²) in [7, 11) is 1.26. The molecule has 0 saturated carbocycles. The number of methoxy groups -OCH3 is 1. The number of carbonyl (C=O) groups excluding carboxylic acids is 4. The van der Waals surface area contributed by atoms with Crippen molar-refractivity contribution in [1.82, 2.24) is 4.90 Å². The lowest BCUT2D eigenvalue weighted by Gasteiger charge is -2.13. The molecule has 0 unspecified atom stereocenters. The van der Waals surface area contributed by atoms with Gasteiger partial charge in [0.2, 0.25) is 5.91 Å². The summed E-state index contributed by atoms with van der Waals surface area (Å²) in [6, 6.07) is 17.5. The number of carbonyl (C=O) groups is 4. The van der Waals surface area contributed by atoms with E-state index in [0.717, 1.165) is 15.3 Å². The van der Waals surface area contributed by atoms with Gasteiger partial charge in [-0.3, -0.25) is 19.3 Å². The second kappa shape index (κ2) is 7.92. The number of hydrogen-bond donors (Lipinski definition) is 1. The molecule has 1 aromatic heterocycles. The number of thiophene rings is 1. The van der Waals surface area contributed by atoms with E-state index in [9.17, 15) is 19.2 Å². The van der Waals surface area contributed by atoms with Gasteiger partial charge >= 0.3 is 5.97 Å². The van der Waals surface area contributed by atoms with Gasteiger partial charge in [-0.15, -0.1) is 11.3 Å². The standard InChI is InChI=1S/C22H16N2O5S/c1-29-22(28)19-16(11-17(30-19)13-7-3-2-4-8-13)23-18(25)12-24-20(26)14-9-5-6-10-15(14)21(24)27/h2-11H,12H2,1H3,(H,23,25). The largest absolute Gasteiger partial charge is 0.465 e.